The van der Waals surface area contributed by atoms with Crippen molar-refractivity contribution in [3.8, 4) is 0 Å². The van der Waals surface area contributed by atoms with E-state index in [1.54, 1.807) is 6.20 Å². The predicted octanol–water partition coefficient (Wildman–Crippen LogP) is 2.16. The molecule has 0 amide bonds. The summed E-state index contributed by atoms with van der Waals surface area (Å²) >= 11 is 1.50. The van der Waals surface area contributed by atoms with E-state index >= 15 is 0 Å². The normalized spacial score (nSPS) is 10.2. The lowest BCUT2D eigenvalue weighted by molar-refractivity contribution is 0.955. The molecule has 0 aliphatic rings. The van der Waals surface area contributed by atoms with Gasteiger partial charge in [0.2, 0.25) is 0 Å². The van der Waals surface area contributed by atoms with Crippen molar-refractivity contribution in [3.05, 3.63) is 30.5 Å². The highest BCUT2D eigenvalue weighted by Gasteiger charge is 2.04. The SMILES string of the molecule is CCNc1cc(Sc2ccncn2)nc(C)n1. The van der Waals surface area contributed by atoms with Crippen LogP contribution in [0.4, 0.5) is 5.82 Å². The molecule has 0 saturated carbocycles. The quantitative estimate of drug-likeness (QED) is 0.835. The molecule has 0 aromatic carbocycles. The van der Waals surface area contributed by atoms with Crippen molar-refractivity contribution >= 4 is 17.6 Å². The van der Waals surface area contributed by atoms with Gasteiger partial charge in [0, 0.05) is 18.8 Å². The van der Waals surface area contributed by atoms with E-state index in [0.717, 1.165) is 28.2 Å². The second-order valence-corrected chi connectivity index (χ2v) is 4.36. The number of nitrogens with one attached hydrogen (secondary N) is 1. The van der Waals surface area contributed by atoms with E-state index in [2.05, 4.69) is 25.3 Å². The number of aryl methyl sites for hydroxylation is 1. The molecule has 2 rings (SSSR count). The van der Waals surface area contributed by atoms with Crippen LogP contribution in [0.1, 0.15) is 12.7 Å². The number of hydrogen-bond donors (Lipinski definition) is 1. The molecule has 6 heteroatoms. The minimum absolute atomic E-state index is 0.750. The molecule has 2 aromatic rings. The Morgan fingerprint density at radius 2 is 2.18 bits per heavy atom. The van der Waals surface area contributed by atoms with Crippen molar-refractivity contribution in [1.82, 2.24) is 19.9 Å². The smallest absolute Gasteiger partial charge is 0.130 e. The van der Waals surface area contributed by atoms with Gasteiger partial charge in [0.05, 0.1) is 0 Å². The van der Waals surface area contributed by atoms with Crippen LogP contribution >= 0.6 is 11.8 Å². The second-order valence-electron chi connectivity index (χ2n) is 3.32. The first-order chi connectivity index (χ1) is 8.28. The molecular weight excluding hydrogens is 234 g/mol. The zero-order chi connectivity index (χ0) is 12.1. The first-order valence-electron chi connectivity index (χ1n) is 5.31. The van der Waals surface area contributed by atoms with Gasteiger partial charge < -0.3 is 5.32 Å². The average Bonchev–Trinajstić information content (AvgIpc) is 2.30. The van der Waals surface area contributed by atoms with Gasteiger partial charge in [-0.3, -0.25) is 0 Å². The molecule has 17 heavy (non-hydrogen) atoms. The molecule has 0 radical (unpaired) electrons. The van der Waals surface area contributed by atoms with Crippen molar-refractivity contribution < 1.29 is 0 Å². The summed E-state index contributed by atoms with van der Waals surface area (Å²) in [5, 5.41) is 4.93. The van der Waals surface area contributed by atoms with Gasteiger partial charge in [-0.2, -0.15) is 0 Å². The van der Waals surface area contributed by atoms with Gasteiger partial charge in [-0.05, 0) is 31.7 Å². The summed E-state index contributed by atoms with van der Waals surface area (Å²) in [5.41, 5.74) is 0. The van der Waals surface area contributed by atoms with Crippen LogP contribution in [-0.4, -0.2) is 26.5 Å². The number of nitrogens with zero attached hydrogens (tertiary/aromatic N) is 4. The zero-order valence-electron chi connectivity index (χ0n) is 9.71. The Bertz CT molecular complexity index is 488. The third kappa shape index (κ3) is 3.39. The highest BCUT2D eigenvalue weighted by atomic mass is 32.2. The van der Waals surface area contributed by atoms with Crippen LogP contribution < -0.4 is 5.32 Å². The van der Waals surface area contributed by atoms with Crippen molar-refractivity contribution in [2.75, 3.05) is 11.9 Å². The fraction of sp³-hybridized carbons (Fsp3) is 0.273. The summed E-state index contributed by atoms with van der Waals surface area (Å²) in [7, 11) is 0. The molecule has 0 aliphatic heterocycles. The van der Waals surface area contributed by atoms with Crippen LogP contribution in [-0.2, 0) is 0 Å². The van der Waals surface area contributed by atoms with Crippen LogP contribution in [0, 0.1) is 6.92 Å². The van der Waals surface area contributed by atoms with Gasteiger partial charge in [0.15, 0.2) is 0 Å². The van der Waals surface area contributed by atoms with E-state index in [1.165, 1.54) is 18.1 Å². The number of aromatic nitrogens is 4. The molecule has 0 fully saturated rings. The molecule has 2 heterocycles. The van der Waals surface area contributed by atoms with E-state index in [0.29, 0.717) is 0 Å². The van der Waals surface area contributed by atoms with Crippen LogP contribution in [0.5, 0.6) is 0 Å². The Morgan fingerprint density at radius 3 is 2.88 bits per heavy atom. The van der Waals surface area contributed by atoms with Gasteiger partial charge in [-0.25, -0.2) is 19.9 Å². The third-order valence-electron chi connectivity index (χ3n) is 1.94. The standard InChI is InChI=1S/C11H13N5S/c1-3-13-9-6-11(16-8(2)15-9)17-10-4-5-12-7-14-10/h4-7H,3H2,1-2H3,(H,13,15,16). The first kappa shape index (κ1) is 11.8. The van der Waals surface area contributed by atoms with Gasteiger partial charge in [0.25, 0.3) is 0 Å². The molecule has 1 N–H and O–H groups in total. The Labute approximate surface area is 104 Å². The number of hydrogen-bond acceptors (Lipinski definition) is 6. The molecule has 5 nitrogen and oxygen atoms in total. The molecule has 0 unspecified atom stereocenters. The van der Waals surface area contributed by atoms with Crippen LogP contribution in [0.3, 0.4) is 0 Å². The van der Waals surface area contributed by atoms with Crippen LogP contribution in [0.2, 0.25) is 0 Å². The minimum Gasteiger partial charge on any atom is -0.370 e. The van der Waals surface area contributed by atoms with Crippen LogP contribution in [0.25, 0.3) is 0 Å². The average molecular weight is 247 g/mol. The Kier molecular flexibility index (Phi) is 3.87. The highest BCUT2D eigenvalue weighted by Crippen LogP contribution is 2.24. The van der Waals surface area contributed by atoms with E-state index in [9.17, 15) is 0 Å². The van der Waals surface area contributed by atoms with Gasteiger partial charge in [0.1, 0.15) is 28.0 Å². The van der Waals surface area contributed by atoms with E-state index in [4.69, 9.17) is 0 Å². The molecule has 88 valence electrons. The van der Waals surface area contributed by atoms with E-state index in [1.807, 2.05) is 26.0 Å². The summed E-state index contributed by atoms with van der Waals surface area (Å²) in [6.45, 7) is 4.76. The third-order valence-corrected chi connectivity index (χ3v) is 2.81. The zero-order valence-corrected chi connectivity index (χ0v) is 10.5. The summed E-state index contributed by atoms with van der Waals surface area (Å²) in [5.74, 6) is 1.59. The van der Waals surface area contributed by atoms with Crippen molar-refractivity contribution in [3.63, 3.8) is 0 Å². The fourth-order valence-electron chi connectivity index (χ4n) is 1.31. The van der Waals surface area contributed by atoms with Gasteiger partial charge in [-0.1, -0.05) is 0 Å². The van der Waals surface area contributed by atoms with Crippen molar-refractivity contribution in [1.29, 1.82) is 0 Å². The van der Waals surface area contributed by atoms with Crippen molar-refractivity contribution in [2.24, 2.45) is 0 Å². The van der Waals surface area contributed by atoms with Gasteiger partial charge in [-0.15, -0.1) is 0 Å². The second kappa shape index (κ2) is 5.58. The summed E-state index contributed by atoms with van der Waals surface area (Å²) in [6, 6.07) is 3.78. The lowest BCUT2D eigenvalue weighted by Crippen LogP contribution is -2.02. The Morgan fingerprint density at radius 1 is 1.29 bits per heavy atom. The molecule has 2 aromatic heterocycles. The maximum Gasteiger partial charge on any atom is 0.130 e. The lowest BCUT2D eigenvalue weighted by Gasteiger charge is -2.05. The maximum absolute atomic E-state index is 4.36. The number of rotatable bonds is 4. The lowest BCUT2D eigenvalue weighted by atomic mass is 10.5. The molecular formula is C11H13N5S. The Hall–Kier alpha value is -1.69. The molecule has 0 bridgehead atoms. The fourth-order valence-corrected chi connectivity index (χ4v) is 2.10. The predicted molar refractivity (Wildman–Crippen MR) is 67.1 cm³/mol. The largest absolute Gasteiger partial charge is 0.370 e. The van der Waals surface area contributed by atoms with E-state index in [-0.39, 0.29) is 0 Å². The molecule has 0 spiro atoms. The van der Waals surface area contributed by atoms with Crippen LogP contribution in [0.15, 0.2) is 34.7 Å². The summed E-state index contributed by atoms with van der Waals surface area (Å²) < 4.78 is 0. The monoisotopic (exact) mass is 247 g/mol. The Balaban J connectivity index is 2.21. The summed E-state index contributed by atoms with van der Waals surface area (Å²) in [6.07, 6.45) is 3.25. The topological polar surface area (TPSA) is 63.6 Å². The van der Waals surface area contributed by atoms with E-state index < -0.39 is 0 Å². The molecule has 0 atom stereocenters. The first-order valence-corrected chi connectivity index (χ1v) is 6.13. The number of anilines is 1. The highest BCUT2D eigenvalue weighted by molar-refractivity contribution is 7.99. The van der Waals surface area contributed by atoms with Crippen molar-refractivity contribution in [2.45, 2.75) is 23.9 Å². The van der Waals surface area contributed by atoms with Gasteiger partial charge >= 0.3 is 0 Å². The molecule has 0 aliphatic carbocycles. The summed E-state index contributed by atoms with van der Waals surface area (Å²) in [4.78, 5) is 16.7. The molecule has 0 saturated heterocycles. The minimum atomic E-state index is 0.750. The maximum atomic E-state index is 4.36.